The molecule has 1 N–H and O–H groups in total. The van der Waals surface area contributed by atoms with E-state index >= 15 is 0 Å². The number of thiazole rings is 1. The zero-order valence-electron chi connectivity index (χ0n) is 15.2. The van der Waals surface area contributed by atoms with E-state index in [9.17, 15) is 4.79 Å². The van der Waals surface area contributed by atoms with Gasteiger partial charge in [0, 0.05) is 36.1 Å². The molecular weight excluding hydrogens is 421 g/mol. The number of aromatic nitrogens is 1. The summed E-state index contributed by atoms with van der Waals surface area (Å²) in [4.78, 5) is 19.5. The van der Waals surface area contributed by atoms with Gasteiger partial charge in [0.2, 0.25) is 0 Å². The summed E-state index contributed by atoms with van der Waals surface area (Å²) in [5.74, 6) is 0.727. The normalized spacial score (nSPS) is 16.0. The van der Waals surface area contributed by atoms with Crippen LogP contribution < -0.4 is 10.1 Å². The van der Waals surface area contributed by atoms with E-state index in [1.165, 1.54) is 11.3 Å². The Bertz CT molecular complexity index is 901. The first kappa shape index (κ1) is 22.2. The largest absolute Gasteiger partial charge is 0.496 e. The van der Waals surface area contributed by atoms with Crippen molar-refractivity contribution < 1.29 is 13.9 Å². The minimum atomic E-state index is -0.0912. The van der Waals surface area contributed by atoms with Gasteiger partial charge in [-0.25, -0.2) is 4.98 Å². The van der Waals surface area contributed by atoms with Gasteiger partial charge in [-0.2, -0.15) is 0 Å². The van der Waals surface area contributed by atoms with Crippen LogP contribution in [0.2, 0.25) is 0 Å². The Morgan fingerprint density at radius 2 is 2.14 bits per heavy atom. The van der Waals surface area contributed by atoms with Crippen molar-refractivity contribution in [2.24, 2.45) is 0 Å². The van der Waals surface area contributed by atoms with Gasteiger partial charge in [0.05, 0.1) is 19.4 Å². The summed E-state index contributed by atoms with van der Waals surface area (Å²) in [5, 5.41) is 5.96. The molecule has 3 heterocycles. The molecule has 0 aliphatic carbocycles. The second-order valence-corrected chi connectivity index (χ2v) is 6.87. The number of hydrogen-bond acceptors (Lipinski definition) is 6. The van der Waals surface area contributed by atoms with Crippen molar-refractivity contribution in [1.82, 2.24) is 15.2 Å². The Morgan fingerprint density at radius 3 is 2.89 bits per heavy atom. The van der Waals surface area contributed by atoms with Gasteiger partial charge in [-0.1, -0.05) is 18.2 Å². The molecule has 1 atom stereocenters. The third-order valence-corrected chi connectivity index (χ3v) is 5.38. The average molecular weight is 442 g/mol. The molecule has 150 valence electrons. The molecule has 0 bridgehead atoms. The van der Waals surface area contributed by atoms with Crippen LogP contribution >= 0.6 is 36.2 Å². The summed E-state index contributed by atoms with van der Waals surface area (Å²) in [6, 6.07) is 9.58. The quantitative estimate of drug-likeness (QED) is 0.661. The minimum absolute atomic E-state index is 0. The van der Waals surface area contributed by atoms with Crippen molar-refractivity contribution >= 4 is 42.1 Å². The third-order valence-electron chi connectivity index (χ3n) is 4.49. The standard InChI is InChI=1S/C19H19N3O3S.2ClH/c1-24-17-5-3-2-4-14(17)16-10-20-7-8-22(16)19(23)15-12-26-18(21-15)13-6-9-25-11-13;;/h2-6,9,11-12,16,20H,7-8,10H2,1H3;2*1H. The Labute approximate surface area is 179 Å². The molecule has 4 rings (SSSR count). The van der Waals surface area contributed by atoms with Gasteiger partial charge < -0.3 is 19.4 Å². The van der Waals surface area contributed by atoms with E-state index in [0.29, 0.717) is 18.8 Å². The van der Waals surface area contributed by atoms with E-state index in [0.717, 1.165) is 28.4 Å². The predicted molar refractivity (Wildman–Crippen MR) is 114 cm³/mol. The Balaban J connectivity index is 0.00000140. The van der Waals surface area contributed by atoms with Crippen molar-refractivity contribution in [2.45, 2.75) is 6.04 Å². The maximum absolute atomic E-state index is 13.1. The van der Waals surface area contributed by atoms with Gasteiger partial charge in [0.15, 0.2) is 0 Å². The first-order valence-electron chi connectivity index (χ1n) is 8.40. The number of ether oxygens (including phenoxy) is 1. The van der Waals surface area contributed by atoms with Crippen molar-refractivity contribution in [1.29, 1.82) is 0 Å². The molecule has 1 fully saturated rings. The van der Waals surface area contributed by atoms with Gasteiger partial charge in [-0.05, 0) is 12.1 Å². The van der Waals surface area contributed by atoms with Crippen LogP contribution in [0.15, 0.2) is 52.7 Å². The number of piperazine rings is 1. The molecule has 0 saturated carbocycles. The highest BCUT2D eigenvalue weighted by Crippen LogP contribution is 2.32. The fourth-order valence-electron chi connectivity index (χ4n) is 3.20. The first-order valence-corrected chi connectivity index (χ1v) is 9.28. The fourth-order valence-corrected chi connectivity index (χ4v) is 3.98. The molecule has 1 saturated heterocycles. The van der Waals surface area contributed by atoms with Crippen LogP contribution in [0, 0.1) is 0 Å². The van der Waals surface area contributed by atoms with Gasteiger partial charge >= 0.3 is 0 Å². The second-order valence-electron chi connectivity index (χ2n) is 6.01. The molecular formula is C19H21Cl2N3O3S. The predicted octanol–water partition coefficient (Wildman–Crippen LogP) is 4.04. The lowest BCUT2D eigenvalue weighted by molar-refractivity contribution is 0.0626. The van der Waals surface area contributed by atoms with Crippen LogP contribution in [0.5, 0.6) is 5.75 Å². The number of benzene rings is 1. The number of nitrogens with zero attached hydrogens (tertiary/aromatic N) is 2. The van der Waals surface area contributed by atoms with Crippen LogP contribution in [0.3, 0.4) is 0 Å². The lowest BCUT2D eigenvalue weighted by atomic mass is 10.0. The molecule has 0 spiro atoms. The monoisotopic (exact) mass is 441 g/mol. The van der Waals surface area contributed by atoms with Crippen molar-refractivity contribution in [3.63, 3.8) is 0 Å². The summed E-state index contributed by atoms with van der Waals surface area (Å²) in [6.45, 7) is 2.07. The number of amides is 1. The van der Waals surface area contributed by atoms with Crippen LogP contribution in [0.1, 0.15) is 22.1 Å². The number of hydrogen-bond donors (Lipinski definition) is 1. The summed E-state index contributed by atoms with van der Waals surface area (Å²) >= 11 is 1.45. The molecule has 0 radical (unpaired) electrons. The molecule has 1 aliphatic rings. The van der Waals surface area contributed by atoms with Crippen molar-refractivity contribution in [3.8, 4) is 16.3 Å². The number of carbonyl (C=O) groups is 1. The number of rotatable bonds is 4. The van der Waals surface area contributed by atoms with Crippen molar-refractivity contribution in [3.05, 3.63) is 59.5 Å². The highest BCUT2D eigenvalue weighted by Gasteiger charge is 2.31. The molecule has 2 aromatic heterocycles. The van der Waals surface area contributed by atoms with Gasteiger partial charge in [-0.15, -0.1) is 36.2 Å². The van der Waals surface area contributed by atoms with E-state index in [2.05, 4.69) is 10.3 Å². The molecule has 3 aromatic rings. The minimum Gasteiger partial charge on any atom is -0.496 e. The summed E-state index contributed by atoms with van der Waals surface area (Å²) < 4.78 is 10.6. The second kappa shape index (κ2) is 9.93. The fraction of sp³-hybridized carbons (Fsp3) is 0.263. The van der Waals surface area contributed by atoms with Crippen molar-refractivity contribution in [2.75, 3.05) is 26.7 Å². The lowest BCUT2D eigenvalue weighted by Crippen LogP contribution is -2.48. The summed E-state index contributed by atoms with van der Waals surface area (Å²) in [5.41, 5.74) is 2.35. The Kier molecular flexibility index (Phi) is 7.88. The van der Waals surface area contributed by atoms with Crippen LogP contribution in [0.25, 0.3) is 10.6 Å². The van der Waals surface area contributed by atoms with E-state index in [1.54, 1.807) is 19.6 Å². The summed E-state index contributed by atoms with van der Waals surface area (Å²) in [7, 11) is 1.65. The van der Waals surface area contributed by atoms with Crippen LogP contribution in [-0.2, 0) is 0 Å². The number of halogens is 2. The summed E-state index contributed by atoms with van der Waals surface area (Å²) in [6.07, 6.45) is 3.24. The molecule has 1 aromatic carbocycles. The zero-order valence-corrected chi connectivity index (χ0v) is 17.6. The average Bonchev–Trinajstić information content (AvgIpc) is 3.39. The van der Waals surface area contributed by atoms with E-state index in [1.807, 2.05) is 40.6 Å². The molecule has 28 heavy (non-hydrogen) atoms. The number of carbonyl (C=O) groups excluding carboxylic acids is 1. The van der Waals surface area contributed by atoms with E-state index < -0.39 is 0 Å². The van der Waals surface area contributed by atoms with Gasteiger partial charge in [0.25, 0.3) is 5.91 Å². The molecule has 1 aliphatic heterocycles. The highest BCUT2D eigenvalue weighted by atomic mass is 35.5. The topological polar surface area (TPSA) is 67.6 Å². The third kappa shape index (κ3) is 4.33. The molecule has 6 nitrogen and oxygen atoms in total. The van der Waals surface area contributed by atoms with E-state index in [4.69, 9.17) is 9.15 Å². The molecule has 1 unspecified atom stereocenters. The van der Waals surface area contributed by atoms with E-state index in [-0.39, 0.29) is 36.8 Å². The van der Waals surface area contributed by atoms with Crippen LogP contribution in [-0.4, -0.2) is 42.5 Å². The Morgan fingerprint density at radius 1 is 1.32 bits per heavy atom. The van der Waals surface area contributed by atoms with Crippen LogP contribution in [0.4, 0.5) is 0 Å². The lowest BCUT2D eigenvalue weighted by Gasteiger charge is -2.36. The Hall–Kier alpha value is -2.06. The van der Waals surface area contributed by atoms with Gasteiger partial charge in [-0.3, -0.25) is 4.79 Å². The number of para-hydroxylation sites is 1. The molecule has 1 amide bonds. The number of furan rings is 1. The first-order chi connectivity index (χ1) is 12.8. The van der Waals surface area contributed by atoms with Gasteiger partial charge in [0.1, 0.15) is 22.7 Å². The maximum Gasteiger partial charge on any atom is 0.273 e. The molecule has 9 heteroatoms. The maximum atomic E-state index is 13.1. The zero-order chi connectivity index (χ0) is 17.9. The number of nitrogens with one attached hydrogen (secondary N) is 1. The smallest absolute Gasteiger partial charge is 0.273 e. The SMILES string of the molecule is COc1ccccc1C1CNCCN1C(=O)c1csc(-c2ccoc2)n1.Cl.Cl. The highest BCUT2D eigenvalue weighted by molar-refractivity contribution is 7.13. The number of methoxy groups -OCH3 is 1.